The summed E-state index contributed by atoms with van der Waals surface area (Å²) in [5, 5.41) is 0. The standard InChI is InChI=1S/C22H21F6IO2/c23-21(24,25)17-10-14(11-18(12-17)22(26,27)28)6-8-30-20-19(15-4-2-1-3-5-15)16(13-29)7-9-31-20/h1-5,10-12,16,19-20H,6-9,13H2/t16-,19-,20-/m0/s1. The number of alkyl halides is 7. The van der Waals surface area contributed by atoms with Crippen LogP contribution in [-0.2, 0) is 28.2 Å². The van der Waals surface area contributed by atoms with Gasteiger partial charge in [0.1, 0.15) is 0 Å². The highest BCUT2D eigenvalue weighted by molar-refractivity contribution is 14.1. The van der Waals surface area contributed by atoms with Crippen LogP contribution in [0.3, 0.4) is 0 Å². The van der Waals surface area contributed by atoms with Crippen molar-refractivity contribution in [3.63, 3.8) is 0 Å². The molecule has 2 nitrogen and oxygen atoms in total. The molecule has 0 radical (unpaired) electrons. The van der Waals surface area contributed by atoms with E-state index in [-0.39, 0.29) is 30.6 Å². The van der Waals surface area contributed by atoms with Gasteiger partial charge in [-0.3, -0.25) is 0 Å². The Hall–Kier alpha value is -1.33. The van der Waals surface area contributed by atoms with E-state index in [0.29, 0.717) is 12.5 Å². The fraction of sp³-hybridized carbons (Fsp3) is 0.455. The minimum atomic E-state index is -4.87. The van der Waals surface area contributed by atoms with Gasteiger partial charge in [0.05, 0.1) is 24.3 Å². The van der Waals surface area contributed by atoms with Crippen LogP contribution in [0.25, 0.3) is 0 Å². The van der Waals surface area contributed by atoms with Gasteiger partial charge in [0.15, 0.2) is 6.29 Å². The maximum Gasteiger partial charge on any atom is 0.416 e. The summed E-state index contributed by atoms with van der Waals surface area (Å²) in [6.45, 7) is 0.435. The normalized spacial score (nSPS) is 22.5. The lowest BCUT2D eigenvalue weighted by atomic mass is 9.83. The van der Waals surface area contributed by atoms with Crippen LogP contribution in [0.2, 0.25) is 0 Å². The second kappa shape index (κ2) is 10.1. The molecule has 0 aliphatic carbocycles. The Morgan fingerprint density at radius 2 is 1.55 bits per heavy atom. The summed E-state index contributed by atoms with van der Waals surface area (Å²) in [7, 11) is 0. The summed E-state index contributed by atoms with van der Waals surface area (Å²) < 4.78 is 90.8. The highest BCUT2D eigenvalue weighted by Crippen LogP contribution is 2.38. The highest BCUT2D eigenvalue weighted by Gasteiger charge is 2.37. The molecule has 1 aliphatic heterocycles. The van der Waals surface area contributed by atoms with E-state index >= 15 is 0 Å². The van der Waals surface area contributed by atoms with Gasteiger partial charge in [-0.05, 0) is 48.1 Å². The third kappa shape index (κ3) is 6.35. The lowest BCUT2D eigenvalue weighted by Gasteiger charge is -2.37. The van der Waals surface area contributed by atoms with Gasteiger partial charge in [0.2, 0.25) is 0 Å². The maximum atomic E-state index is 13.1. The first kappa shape index (κ1) is 24.3. The van der Waals surface area contributed by atoms with Gasteiger partial charge >= 0.3 is 12.4 Å². The molecule has 0 aromatic heterocycles. The minimum absolute atomic E-state index is 0.0550. The Balaban J connectivity index is 1.75. The molecule has 31 heavy (non-hydrogen) atoms. The first-order valence-electron chi connectivity index (χ1n) is 9.72. The third-order valence-corrected chi connectivity index (χ3v) is 6.41. The molecular weight excluding hydrogens is 537 g/mol. The Labute approximate surface area is 190 Å². The zero-order chi connectivity index (χ0) is 22.6. The Morgan fingerprint density at radius 3 is 2.10 bits per heavy atom. The van der Waals surface area contributed by atoms with Crippen molar-refractivity contribution >= 4 is 22.6 Å². The number of benzene rings is 2. The summed E-state index contributed by atoms with van der Waals surface area (Å²) in [6, 6.07) is 11.3. The van der Waals surface area contributed by atoms with Crippen molar-refractivity contribution in [3.8, 4) is 0 Å². The van der Waals surface area contributed by atoms with E-state index in [9.17, 15) is 26.3 Å². The third-order valence-electron chi connectivity index (χ3n) is 5.27. The molecule has 1 aliphatic rings. The van der Waals surface area contributed by atoms with Crippen molar-refractivity contribution in [2.45, 2.75) is 37.4 Å². The largest absolute Gasteiger partial charge is 0.416 e. The number of rotatable bonds is 6. The quantitative estimate of drug-likeness (QED) is 0.219. The van der Waals surface area contributed by atoms with Crippen molar-refractivity contribution in [1.82, 2.24) is 0 Å². The molecule has 170 valence electrons. The minimum Gasteiger partial charge on any atom is -0.352 e. The first-order valence-corrected chi connectivity index (χ1v) is 11.2. The van der Waals surface area contributed by atoms with E-state index in [4.69, 9.17) is 9.47 Å². The fourth-order valence-corrected chi connectivity index (χ4v) is 4.72. The summed E-state index contributed by atoms with van der Waals surface area (Å²) >= 11 is 2.30. The van der Waals surface area contributed by atoms with E-state index in [1.165, 1.54) is 0 Å². The van der Waals surface area contributed by atoms with Gasteiger partial charge in [-0.25, -0.2) is 0 Å². The van der Waals surface area contributed by atoms with Crippen LogP contribution in [0.5, 0.6) is 0 Å². The van der Waals surface area contributed by atoms with Crippen LogP contribution in [0.15, 0.2) is 48.5 Å². The average molecular weight is 558 g/mol. The van der Waals surface area contributed by atoms with Gasteiger partial charge < -0.3 is 9.47 Å². The van der Waals surface area contributed by atoms with Crippen LogP contribution in [0.4, 0.5) is 26.3 Å². The molecule has 1 heterocycles. The zero-order valence-corrected chi connectivity index (χ0v) is 18.5. The van der Waals surface area contributed by atoms with E-state index < -0.39 is 29.8 Å². The summed E-state index contributed by atoms with van der Waals surface area (Å²) in [5.74, 6) is 0.242. The van der Waals surface area contributed by atoms with Crippen LogP contribution in [0.1, 0.15) is 34.6 Å². The Morgan fingerprint density at radius 1 is 0.935 bits per heavy atom. The van der Waals surface area contributed by atoms with Crippen molar-refractivity contribution in [3.05, 3.63) is 70.8 Å². The molecule has 1 saturated heterocycles. The van der Waals surface area contributed by atoms with E-state index in [0.717, 1.165) is 28.5 Å². The molecule has 0 amide bonds. The van der Waals surface area contributed by atoms with Crippen LogP contribution >= 0.6 is 22.6 Å². The Bertz CT molecular complexity index is 821. The van der Waals surface area contributed by atoms with Gasteiger partial charge in [0.25, 0.3) is 0 Å². The summed E-state index contributed by atoms with van der Waals surface area (Å²) in [6.07, 6.45) is -9.58. The smallest absolute Gasteiger partial charge is 0.352 e. The average Bonchev–Trinajstić information content (AvgIpc) is 2.72. The predicted molar refractivity (Wildman–Crippen MR) is 112 cm³/mol. The van der Waals surface area contributed by atoms with Crippen LogP contribution in [-0.4, -0.2) is 23.9 Å². The number of halogens is 7. The van der Waals surface area contributed by atoms with Crippen LogP contribution < -0.4 is 0 Å². The number of hydrogen-bond acceptors (Lipinski definition) is 2. The monoisotopic (exact) mass is 558 g/mol. The lowest BCUT2D eigenvalue weighted by molar-refractivity contribution is -0.184. The van der Waals surface area contributed by atoms with Gasteiger partial charge in [0, 0.05) is 10.3 Å². The number of ether oxygens (including phenoxy) is 2. The van der Waals surface area contributed by atoms with E-state index in [1.807, 2.05) is 30.3 Å². The number of hydrogen-bond donors (Lipinski definition) is 0. The summed E-state index contributed by atoms with van der Waals surface area (Å²) in [4.78, 5) is 0. The molecule has 0 spiro atoms. The zero-order valence-electron chi connectivity index (χ0n) is 16.3. The van der Waals surface area contributed by atoms with E-state index in [1.54, 1.807) is 0 Å². The fourth-order valence-electron chi connectivity index (χ4n) is 3.73. The predicted octanol–water partition coefficient (Wildman–Crippen LogP) is 6.86. The van der Waals surface area contributed by atoms with Crippen molar-refractivity contribution in [2.24, 2.45) is 5.92 Å². The molecular formula is C22H21F6IO2. The topological polar surface area (TPSA) is 18.5 Å². The second-order valence-electron chi connectivity index (χ2n) is 7.41. The van der Waals surface area contributed by atoms with Gasteiger partial charge in [-0.2, -0.15) is 26.3 Å². The molecule has 9 heteroatoms. The molecule has 0 N–H and O–H groups in total. The molecule has 0 unspecified atom stereocenters. The molecule has 3 rings (SSSR count). The van der Waals surface area contributed by atoms with E-state index in [2.05, 4.69) is 22.6 Å². The molecule has 2 aromatic rings. The molecule has 2 aromatic carbocycles. The summed E-state index contributed by atoms with van der Waals surface area (Å²) in [5.41, 5.74) is -1.69. The highest BCUT2D eigenvalue weighted by atomic mass is 127. The van der Waals surface area contributed by atoms with Crippen molar-refractivity contribution in [1.29, 1.82) is 0 Å². The SMILES string of the molecule is FC(F)(F)c1cc(CCO[C@H]2OCC[C@@H](CI)[C@@H]2c2ccccc2)cc(C(F)(F)F)c1. The first-order chi connectivity index (χ1) is 14.6. The van der Waals surface area contributed by atoms with Crippen molar-refractivity contribution in [2.75, 3.05) is 17.6 Å². The maximum absolute atomic E-state index is 13.1. The van der Waals surface area contributed by atoms with Gasteiger partial charge in [-0.1, -0.05) is 52.9 Å². The van der Waals surface area contributed by atoms with Gasteiger partial charge in [-0.15, -0.1) is 0 Å². The van der Waals surface area contributed by atoms with Crippen LogP contribution in [0, 0.1) is 5.92 Å². The molecule has 0 bridgehead atoms. The Kier molecular flexibility index (Phi) is 7.90. The lowest BCUT2D eigenvalue weighted by Crippen LogP contribution is -2.37. The van der Waals surface area contributed by atoms with Crippen molar-refractivity contribution < 1.29 is 35.8 Å². The molecule has 0 saturated carbocycles. The second-order valence-corrected chi connectivity index (χ2v) is 8.29. The molecule has 3 atom stereocenters. The molecule has 1 fully saturated rings.